The van der Waals surface area contributed by atoms with Crippen LogP contribution in [-0.2, 0) is 9.84 Å². The molecule has 122 valence electrons. The van der Waals surface area contributed by atoms with E-state index in [4.69, 9.17) is 0 Å². The van der Waals surface area contributed by atoms with E-state index in [0.29, 0.717) is 12.3 Å². The van der Waals surface area contributed by atoms with Crippen LogP contribution in [0.25, 0.3) is 0 Å². The van der Waals surface area contributed by atoms with Gasteiger partial charge in [0.1, 0.15) is 0 Å². The van der Waals surface area contributed by atoms with Crippen molar-refractivity contribution in [3.05, 3.63) is 0 Å². The van der Waals surface area contributed by atoms with E-state index < -0.39 is 14.6 Å². The summed E-state index contributed by atoms with van der Waals surface area (Å²) in [7, 11) is -3.05. The Hall–Kier alpha value is -0.0900. The molecular formula is C16H35NO2S. The second-order valence-electron chi connectivity index (χ2n) is 8.59. The van der Waals surface area contributed by atoms with Crippen molar-refractivity contribution in [2.45, 2.75) is 79.0 Å². The predicted octanol–water partition coefficient (Wildman–Crippen LogP) is 3.64. The minimum Gasteiger partial charge on any atom is -0.312 e. The molecule has 0 aromatic carbocycles. The Morgan fingerprint density at radius 2 is 1.40 bits per heavy atom. The summed E-state index contributed by atoms with van der Waals surface area (Å²) in [6.07, 6.45) is 0.702. The molecule has 0 radical (unpaired) electrons. The van der Waals surface area contributed by atoms with E-state index in [2.05, 4.69) is 46.9 Å². The normalized spacial score (nSPS) is 17.3. The van der Waals surface area contributed by atoms with Gasteiger partial charge in [-0.25, -0.2) is 8.42 Å². The summed E-state index contributed by atoms with van der Waals surface area (Å²) < 4.78 is 23.9. The Bertz CT molecular complexity index is 399. The Kier molecular flexibility index (Phi) is 6.32. The van der Waals surface area contributed by atoms with Crippen LogP contribution in [-0.4, -0.2) is 31.0 Å². The summed E-state index contributed by atoms with van der Waals surface area (Å²) in [5, 5.41) is 3.52. The zero-order chi connectivity index (χ0) is 16.4. The van der Waals surface area contributed by atoms with Crippen LogP contribution >= 0.6 is 0 Å². The van der Waals surface area contributed by atoms with Crippen LogP contribution in [0.1, 0.15) is 68.7 Å². The standard InChI is InChI=1S/C16H35NO2S/c1-13(2)16(9,12-17-14(3,4)5)10-11-20(18,19)15(6,7)8/h13,17H,10-12H2,1-9H3. The number of sulfone groups is 1. The van der Waals surface area contributed by atoms with Crippen molar-refractivity contribution in [3.8, 4) is 0 Å². The van der Waals surface area contributed by atoms with Gasteiger partial charge in [-0.3, -0.25) is 0 Å². The second-order valence-corrected chi connectivity index (χ2v) is 11.5. The van der Waals surface area contributed by atoms with Gasteiger partial charge in [0.2, 0.25) is 0 Å². The number of hydrogen-bond donors (Lipinski definition) is 1. The van der Waals surface area contributed by atoms with Gasteiger partial charge >= 0.3 is 0 Å². The first-order valence-electron chi connectivity index (χ1n) is 7.58. The van der Waals surface area contributed by atoms with E-state index in [1.807, 2.05) is 0 Å². The molecule has 0 rings (SSSR count). The third-order valence-corrected chi connectivity index (χ3v) is 6.90. The van der Waals surface area contributed by atoms with Crippen molar-refractivity contribution in [2.75, 3.05) is 12.3 Å². The summed E-state index contributed by atoms with van der Waals surface area (Å²) >= 11 is 0. The van der Waals surface area contributed by atoms with Gasteiger partial charge in [-0.2, -0.15) is 0 Å². The Morgan fingerprint density at radius 3 is 1.70 bits per heavy atom. The maximum absolute atomic E-state index is 12.3. The topological polar surface area (TPSA) is 46.2 Å². The van der Waals surface area contributed by atoms with Crippen LogP contribution in [0.5, 0.6) is 0 Å². The fourth-order valence-electron chi connectivity index (χ4n) is 1.72. The highest BCUT2D eigenvalue weighted by molar-refractivity contribution is 7.92. The third kappa shape index (κ3) is 6.13. The van der Waals surface area contributed by atoms with Gasteiger partial charge in [0.15, 0.2) is 9.84 Å². The molecule has 3 nitrogen and oxygen atoms in total. The third-order valence-electron chi connectivity index (χ3n) is 4.29. The smallest absolute Gasteiger partial charge is 0.155 e. The Morgan fingerprint density at radius 1 is 0.950 bits per heavy atom. The van der Waals surface area contributed by atoms with E-state index in [9.17, 15) is 8.42 Å². The minimum absolute atomic E-state index is 0.00833. The molecule has 1 unspecified atom stereocenters. The summed E-state index contributed by atoms with van der Waals surface area (Å²) in [6, 6.07) is 0. The molecule has 0 spiro atoms. The van der Waals surface area contributed by atoms with Crippen LogP contribution in [0.3, 0.4) is 0 Å². The van der Waals surface area contributed by atoms with Crippen LogP contribution < -0.4 is 5.32 Å². The van der Waals surface area contributed by atoms with Crippen LogP contribution in [0.15, 0.2) is 0 Å². The van der Waals surface area contributed by atoms with Crippen LogP contribution in [0.4, 0.5) is 0 Å². The molecule has 4 heteroatoms. The largest absolute Gasteiger partial charge is 0.312 e. The van der Waals surface area contributed by atoms with Gasteiger partial charge in [0.05, 0.1) is 10.5 Å². The summed E-state index contributed by atoms with van der Waals surface area (Å²) in [5.74, 6) is 0.698. The lowest BCUT2D eigenvalue weighted by molar-refractivity contribution is 0.182. The molecule has 0 saturated carbocycles. The van der Waals surface area contributed by atoms with Gasteiger partial charge in [-0.05, 0) is 59.3 Å². The Balaban J connectivity index is 4.89. The van der Waals surface area contributed by atoms with Gasteiger partial charge < -0.3 is 5.32 Å². The van der Waals surface area contributed by atoms with Crippen LogP contribution in [0, 0.1) is 11.3 Å². The molecule has 0 aliphatic heterocycles. The first-order valence-corrected chi connectivity index (χ1v) is 9.23. The molecule has 20 heavy (non-hydrogen) atoms. The molecule has 0 aliphatic carbocycles. The average Bonchev–Trinajstić information content (AvgIpc) is 2.21. The molecule has 1 N–H and O–H groups in total. The van der Waals surface area contributed by atoms with Crippen LogP contribution in [0.2, 0.25) is 0 Å². The minimum atomic E-state index is -3.05. The van der Waals surface area contributed by atoms with E-state index in [-0.39, 0.29) is 16.7 Å². The summed E-state index contributed by atoms with van der Waals surface area (Å²) in [5.41, 5.74) is 0.0463. The maximum atomic E-state index is 12.3. The number of hydrogen-bond acceptors (Lipinski definition) is 3. The van der Waals surface area contributed by atoms with E-state index in [1.54, 1.807) is 20.8 Å². The van der Waals surface area contributed by atoms with Gasteiger partial charge in [-0.15, -0.1) is 0 Å². The SMILES string of the molecule is CC(C)C(C)(CCS(=O)(=O)C(C)(C)C)CNC(C)(C)C. The van der Waals surface area contributed by atoms with Crippen molar-refractivity contribution >= 4 is 9.84 Å². The average molecular weight is 306 g/mol. The monoisotopic (exact) mass is 305 g/mol. The van der Waals surface area contributed by atoms with E-state index in [1.165, 1.54) is 0 Å². The lowest BCUT2D eigenvalue weighted by Gasteiger charge is -2.37. The van der Waals surface area contributed by atoms with Crippen molar-refractivity contribution in [1.29, 1.82) is 0 Å². The van der Waals surface area contributed by atoms with Gasteiger partial charge in [0, 0.05) is 12.1 Å². The second kappa shape index (κ2) is 6.35. The van der Waals surface area contributed by atoms with Crippen molar-refractivity contribution in [2.24, 2.45) is 11.3 Å². The predicted molar refractivity (Wildman–Crippen MR) is 88.9 cm³/mol. The fourth-order valence-corrected chi connectivity index (χ4v) is 3.07. The molecule has 0 amide bonds. The lowest BCUT2D eigenvalue weighted by atomic mass is 9.76. The quantitative estimate of drug-likeness (QED) is 0.815. The summed E-state index contributed by atoms with van der Waals surface area (Å²) in [4.78, 5) is 0. The molecule has 0 saturated heterocycles. The Labute approximate surface area is 126 Å². The zero-order valence-corrected chi connectivity index (χ0v) is 15.7. The van der Waals surface area contributed by atoms with E-state index in [0.717, 1.165) is 6.54 Å². The highest BCUT2D eigenvalue weighted by Gasteiger charge is 2.35. The molecule has 0 fully saturated rings. The fraction of sp³-hybridized carbons (Fsp3) is 1.00. The van der Waals surface area contributed by atoms with Gasteiger partial charge in [0.25, 0.3) is 0 Å². The molecule has 0 bridgehead atoms. The van der Waals surface area contributed by atoms with Crippen molar-refractivity contribution in [3.63, 3.8) is 0 Å². The first kappa shape index (κ1) is 19.9. The highest BCUT2D eigenvalue weighted by atomic mass is 32.2. The first-order chi connectivity index (χ1) is 8.61. The van der Waals surface area contributed by atoms with Crippen molar-refractivity contribution < 1.29 is 8.42 Å². The summed E-state index contributed by atoms with van der Waals surface area (Å²) in [6.45, 7) is 19.1. The molecule has 0 aromatic heterocycles. The molecular weight excluding hydrogens is 270 g/mol. The van der Waals surface area contributed by atoms with Gasteiger partial charge in [-0.1, -0.05) is 20.8 Å². The molecule has 0 aromatic rings. The molecule has 1 atom stereocenters. The van der Waals surface area contributed by atoms with Crippen molar-refractivity contribution in [1.82, 2.24) is 5.32 Å². The zero-order valence-electron chi connectivity index (χ0n) is 14.9. The highest BCUT2D eigenvalue weighted by Crippen LogP contribution is 2.33. The molecule has 0 aliphatic rings. The lowest BCUT2D eigenvalue weighted by Crippen LogP contribution is -2.46. The molecule has 0 heterocycles. The maximum Gasteiger partial charge on any atom is 0.155 e. The number of rotatable bonds is 6. The van der Waals surface area contributed by atoms with E-state index >= 15 is 0 Å². The number of nitrogens with one attached hydrogen (secondary N) is 1.